The molecule has 1 aromatic carbocycles. The Kier molecular flexibility index (Phi) is 1.84. The predicted octanol–water partition coefficient (Wildman–Crippen LogP) is 2.46. The molecule has 0 N–H and O–H groups in total. The van der Waals surface area contributed by atoms with Gasteiger partial charge in [0, 0.05) is 12.3 Å². The van der Waals surface area contributed by atoms with Crippen LogP contribution in [0.3, 0.4) is 0 Å². The maximum Gasteiger partial charge on any atom is 0.169 e. The van der Waals surface area contributed by atoms with Crippen LogP contribution in [0.25, 0.3) is 0 Å². The monoisotopic (exact) mass is 202 g/mol. The van der Waals surface area contributed by atoms with Crippen LogP contribution >= 0.6 is 0 Å². The van der Waals surface area contributed by atoms with Gasteiger partial charge in [-0.05, 0) is 24.0 Å². The molecule has 15 heavy (non-hydrogen) atoms. The Bertz CT molecular complexity index is 423. The van der Waals surface area contributed by atoms with Crippen LogP contribution in [-0.4, -0.2) is 12.4 Å². The van der Waals surface area contributed by atoms with Gasteiger partial charge in [0.2, 0.25) is 0 Å². The molecule has 1 saturated carbocycles. The van der Waals surface area contributed by atoms with Crippen molar-refractivity contribution >= 4 is 5.78 Å². The Morgan fingerprint density at radius 2 is 2.27 bits per heavy atom. The van der Waals surface area contributed by atoms with Crippen molar-refractivity contribution in [2.75, 3.05) is 6.61 Å². The van der Waals surface area contributed by atoms with Crippen LogP contribution < -0.4 is 4.74 Å². The van der Waals surface area contributed by atoms with Gasteiger partial charge >= 0.3 is 0 Å². The van der Waals surface area contributed by atoms with E-state index in [4.69, 9.17) is 4.74 Å². The lowest BCUT2D eigenvalue weighted by molar-refractivity contribution is 0.0959. The zero-order valence-electron chi connectivity index (χ0n) is 8.82. The molecular weight excluding hydrogens is 188 g/mol. The van der Waals surface area contributed by atoms with Gasteiger partial charge in [0.05, 0.1) is 12.2 Å². The number of para-hydroxylation sites is 1. The van der Waals surface area contributed by atoms with Gasteiger partial charge < -0.3 is 4.74 Å². The summed E-state index contributed by atoms with van der Waals surface area (Å²) in [6.45, 7) is 2.85. The Labute approximate surface area is 89.2 Å². The van der Waals surface area contributed by atoms with E-state index in [0.29, 0.717) is 5.92 Å². The van der Waals surface area contributed by atoms with Crippen molar-refractivity contribution in [1.29, 1.82) is 0 Å². The molecule has 0 radical (unpaired) electrons. The lowest BCUT2D eigenvalue weighted by Crippen LogP contribution is -2.04. The Morgan fingerprint density at radius 3 is 3.00 bits per heavy atom. The van der Waals surface area contributed by atoms with E-state index in [1.165, 1.54) is 5.56 Å². The van der Waals surface area contributed by atoms with Crippen molar-refractivity contribution in [2.45, 2.75) is 19.8 Å². The highest BCUT2D eigenvalue weighted by atomic mass is 16.5. The number of fused-ring (bicyclic) bond motifs is 1. The largest absolute Gasteiger partial charge is 0.492 e. The predicted molar refractivity (Wildman–Crippen MR) is 57.2 cm³/mol. The summed E-state index contributed by atoms with van der Waals surface area (Å²) in [5, 5.41) is 0. The molecule has 1 heterocycles. The maximum absolute atomic E-state index is 12.1. The Balaban J connectivity index is 1.98. The molecule has 0 amide bonds. The lowest BCUT2D eigenvalue weighted by atomic mass is 10.0. The second-order valence-corrected chi connectivity index (χ2v) is 4.58. The fraction of sp³-hybridized carbons (Fsp3) is 0.462. The molecule has 2 atom stereocenters. The first-order valence-electron chi connectivity index (χ1n) is 5.56. The number of benzene rings is 1. The SMILES string of the molecule is CC1CC1C(=O)c1cccc2c1OCC2. The van der Waals surface area contributed by atoms with Crippen LogP contribution in [0, 0.1) is 11.8 Å². The van der Waals surface area contributed by atoms with E-state index in [0.717, 1.165) is 30.8 Å². The number of hydrogen-bond donors (Lipinski definition) is 0. The molecule has 0 bridgehead atoms. The summed E-state index contributed by atoms with van der Waals surface area (Å²) in [7, 11) is 0. The summed E-state index contributed by atoms with van der Waals surface area (Å²) in [5.74, 6) is 1.94. The van der Waals surface area contributed by atoms with Crippen LogP contribution in [0.2, 0.25) is 0 Å². The number of carbonyl (C=O) groups excluding carboxylic acids is 1. The first-order valence-corrected chi connectivity index (χ1v) is 5.56. The normalized spacial score (nSPS) is 27.0. The molecule has 0 saturated heterocycles. The topological polar surface area (TPSA) is 26.3 Å². The lowest BCUT2D eigenvalue weighted by Gasteiger charge is -2.06. The minimum absolute atomic E-state index is 0.251. The van der Waals surface area contributed by atoms with Crippen molar-refractivity contribution in [3.05, 3.63) is 29.3 Å². The quantitative estimate of drug-likeness (QED) is 0.688. The van der Waals surface area contributed by atoms with Crippen LogP contribution in [0.4, 0.5) is 0 Å². The third-order valence-electron chi connectivity index (χ3n) is 3.43. The van der Waals surface area contributed by atoms with Gasteiger partial charge in [-0.2, -0.15) is 0 Å². The second-order valence-electron chi connectivity index (χ2n) is 4.58. The van der Waals surface area contributed by atoms with Gasteiger partial charge in [-0.25, -0.2) is 0 Å². The number of rotatable bonds is 2. The molecule has 3 rings (SSSR count). The number of ketones is 1. The zero-order chi connectivity index (χ0) is 10.4. The molecular formula is C13H14O2. The fourth-order valence-electron chi connectivity index (χ4n) is 2.30. The van der Waals surface area contributed by atoms with E-state index in [1.54, 1.807) is 0 Å². The Morgan fingerprint density at radius 1 is 1.47 bits per heavy atom. The van der Waals surface area contributed by atoms with Crippen molar-refractivity contribution in [2.24, 2.45) is 11.8 Å². The number of carbonyl (C=O) groups is 1. The van der Waals surface area contributed by atoms with E-state index < -0.39 is 0 Å². The third kappa shape index (κ3) is 1.36. The Hall–Kier alpha value is -1.31. The van der Waals surface area contributed by atoms with Crippen molar-refractivity contribution in [1.82, 2.24) is 0 Å². The van der Waals surface area contributed by atoms with Crippen LogP contribution in [0.15, 0.2) is 18.2 Å². The minimum Gasteiger partial charge on any atom is -0.492 e. The number of Topliss-reactive ketones (excluding diaryl/α,β-unsaturated/α-hetero) is 1. The molecule has 1 aromatic rings. The highest BCUT2D eigenvalue weighted by molar-refractivity contribution is 6.02. The summed E-state index contributed by atoms with van der Waals surface area (Å²) in [6, 6.07) is 5.92. The summed E-state index contributed by atoms with van der Waals surface area (Å²) in [6.07, 6.45) is 1.99. The molecule has 0 spiro atoms. The van der Waals surface area contributed by atoms with Gasteiger partial charge in [-0.3, -0.25) is 4.79 Å². The van der Waals surface area contributed by atoms with Gasteiger partial charge in [0.1, 0.15) is 5.75 Å². The van der Waals surface area contributed by atoms with Crippen molar-refractivity contribution in [3.8, 4) is 5.75 Å². The van der Waals surface area contributed by atoms with Crippen LogP contribution in [0.1, 0.15) is 29.3 Å². The van der Waals surface area contributed by atoms with Gasteiger partial charge in [0.25, 0.3) is 0 Å². The fourth-order valence-corrected chi connectivity index (χ4v) is 2.30. The average Bonchev–Trinajstić information content (AvgIpc) is 2.80. The summed E-state index contributed by atoms with van der Waals surface area (Å²) < 4.78 is 5.54. The standard InChI is InChI=1S/C13H14O2/c1-8-7-11(8)12(14)10-4-2-3-9-5-6-15-13(9)10/h2-4,8,11H,5-7H2,1H3. The van der Waals surface area contributed by atoms with E-state index in [1.807, 2.05) is 12.1 Å². The molecule has 2 unspecified atom stereocenters. The highest BCUT2D eigenvalue weighted by Crippen LogP contribution is 2.42. The third-order valence-corrected chi connectivity index (χ3v) is 3.43. The first kappa shape index (κ1) is 8.96. The highest BCUT2D eigenvalue weighted by Gasteiger charge is 2.40. The minimum atomic E-state index is 0.251. The maximum atomic E-state index is 12.1. The zero-order valence-corrected chi connectivity index (χ0v) is 8.82. The average molecular weight is 202 g/mol. The summed E-state index contributed by atoms with van der Waals surface area (Å²) in [4.78, 5) is 12.1. The van der Waals surface area contributed by atoms with E-state index in [9.17, 15) is 4.79 Å². The van der Waals surface area contributed by atoms with Crippen LogP contribution in [-0.2, 0) is 6.42 Å². The van der Waals surface area contributed by atoms with Crippen molar-refractivity contribution < 1.29 is 9.53 Å². The van der Waals surface area contributed by atoms with Gasteiger partial charge in [-0.15, -0.1) is 0 Å². The van der Waals surface area contributed by atoms with Gasteiger partial charge in [-0.1, -0.05) is 19.1 Å². The molecule has 78 valence electrons. The van der Waals surface area contributed by atoms with E-state index in [2.05, 4.69) is 13.0 Å². The molecule has 2 aliphatic rings. The smallest absolute Gasteiger partial charge is 0.169 e. The number of hydrogen-bond acceptors (Lipinski definition) is 2. The van der Waals surface area contributed by atoms with Gasteiger partial charge in [0.15, 0.2) is 5.78 Å². The van der Waals surface area contributed by atoms with E-state index >= 15 is 0 Å². The molecule has 1 fully saturated rings. The summed E-state index contributed by atoms with van der Waals surface area (Å²) >= 11 is 0. The molecule has 1 aliphatic carbocycles. The van der Waals surface area contributed by atoms with Crippen molar-refractivity contribution in [3.63, 3.8) is 0 Å². The van der Waals surface area contributed by atoms with E-state index in [-0.39, 0.29) is 11.7 Å². The molecule has 2 nitrogen and oxygen atoms in total. The first-order chi connectivity index (χ1) is 7.27. The van der Waals surface area contributed by atoms with Crippen LogP contribution in [0.5, 0.6) is 5.75 Å². The second kappa shape index (κ2) is 3.09. The molecule has 0 aromatic heterocycles. The molecule has 2 heteroatoms. The molecule has 1 aliphatic heterocycles. The number of ether oxygens (including phenoxy) is 1. The summed E-state index contributed by atoms with van der Waals surface area (Å²) in [5.41, 5.74) is 1.99.